The average Bonchev–Trinajstić information content (AvgIpc) is 2.31. The summed E-state index contributed by atoms with van der Waals surface area (Å²) in [5.41, 5.74) is 2.18. The predicted octanol–water partition coefficient (Wildman–Crippen LogP) is 1.75. The fourth-order valence-corrected chi connectivity index (χ4v) is 2.71. The van der Waals surface area contributed by atoms with Gasteiger partial charge in [0.25, 0.3) is 0 Å². The Morgan fingerprint density at radius 1 is 1.21 bits per heavy atom. The summed E-state index contributed by atoms with van der Waals surface area (Å²) in [5, 5.41) is 3.12. The monoisotopic (exact) mass is 284 g/mol. The molecule has 0 aliphatic rings. The normalized spacial score (nSPS) is 12.3. The van der Waals surface area contributed by atoms with Crippen molar-refractivity contribution >= 4 is 10.0 Å². The molecule has 4 nitrogen and oxygen atoms in total. The molecular formula is C14H24N2O2S. The van der Waals surface area contributed by atoms with Crippen LogP contribution in [0.1, 0.15) is 25.0 Å². The Bertz CT molecular complexity index is 481. The van der Waals surface area contributed by atoms with E-state index in [2.05, 4.69) is 5.32 Å². The van der Waals surface area contributed by atoms with E-state index in [0.717, 1.165) is 5.56 Å². The molecular weight excluding hydrogens is 260 g/mol. The average molecular weight is 284 g/mol. The van der Waals surface area contributed by atoms with Gasteiger partial charge in [0.2, 0.25) is 10.0 Å². The van der Waals surface area contributed by atoms with E-state index in [0.29, 0.717) is 19.1 Å². The summed E-state index contributed by atoms with van der Waals surface area (Å²) in [6.07, 6.45) is 0. The molecule has 0 saturated carbocycles. The lowest BCUT2D eigenvalue weighted by Gasteiger charge is -2.18. The zero-order chi connectivity index (χ0) is 14.5. The van der Waals surface area contributed by atoms with Crippen molar-refractivity contribution in [3.8, 4) is 0 Å². The first kappa shape index (κ1) is 16.1. The van der Waals surface area contributed by atoms with Gasteiger partial charge in [-0.15, -0.1) is 0 Å². The van der Waals surface area contributed by atoms with Crippen molar-refractivity contribution in [2.24, 2.45) is 0 Å². The Labute approximate surface area is 116 Å². The molecule has 0 spiro atoms. The standard InChI is InChI=1S/C14H24N2O2S/c1-12(2)15-9-10-19(17,18)16(4)11-14-7-5-13(3)6-8-14/h5-8,12,15H,9-11H2,1-4H3. The number of nitrogens with zero attached hydrogens (tertiary/aromatic N) is 1. The van der Waals surface area contributed by atoms with Gasteiger partial charge in [0.15, 0.2) is 0 Å². The van der Waals surface area contributed by atoms with Gasteiger partial charge in [-0.25, -0.2) is 12.7 Å². The van der Waals surface area contributed by atoms with Crippen LogP contribution in [0.25, 0.3) is 0 Å². The molecule has 0 aliphatic heterocycles. The minimum absolute atomic E-state index is 0.132. The topological polar surface area (TPSA) is 49.4 Å². The molecule has 1 aromatic rings. The highest BCUT2D eigenvalue weighted by Gasteiger charge is 2.17. The Morgan fingerprint density at radius 3 is 2.32 bits per heavy atom. The van der Waals surface area contributed by atoms with E-state index in [1.165, 1.54) is 9.87 Å². The SMILES string of the molecule is Cc1ccc(CN(C)S(=O)(=O)CCNC(C)C)cc1. The van der Waals surface area contributed by atoms with E-state index < -0.39 is 10.0 Å². The molecule has 1 rings (SSSR count). The van der Waals surface area contributed by atoms with E-state index >= 15 is 0 Å². The zero-order valence-corrected chi connectivity index (χ0v) is 13.0. The van der Waals surface area contributed by atoms with Gasteiger partial charge >= 0.3 is 0 Å². The minimum atomic E-state index is -3.19. The highest BCUT2D eigenvalue weighted by molar-refractivity contribution is 7.89. The van der Waals surface area contributed by atoms with Crippen LogP contribution in [0.5, 0.6) is 0 Å². The van der Waals surface area contributed by atoms with Crippen molar-refractivity contribution in [3.63, 3.8) is 0 Å². The minimum Gasteiger partial charge on any atom is -0.313 e. The number of hydrogen-bond donors (Lipinski definition) is 1. The number of sulfonamides is 1. The van der Waals surface area contributed by atoms with Crippen LogP contribution >= 0.6 is 0 Å². The fraction of sp³-hybridized carbons (Fsp3) is 0.571. The molecule has 0 saturated heterocycles. The highest BCUT2D eigenvalue weighted by atomic mass is 32.2. The summed E-state index contributed by atoms with van der Waals surface area (Å²) in [6, 6.07) is 8.23. The second kappa shape index (κ2) is 7.03. The molecule has 0 heterocycles. The molecule has 0 aromatic heterocycles. The fourth-order valence-electron chi connectivity index (χ4n) is 1.68. The number of nitrogens with one attached hydrogen (secondary N) is 1. The molecule has 0 aliphatic carbocycles. The summed E-state index contributed by atoms with van der Waals surface area (Å²) in [7, 11) is -1.56. The number of hydrogen-bond acceptors (Lipinski definition) is 3. The molecule has 0 radical (unpaired) electrons. The maximum absolute atomic E-state index is 12.1. The zero-order valence-electron chi connectivity index (χ0n) is 12.2. The van der Waals surface area contributed by atoms with Crippen LogP contribution in [-0.2, 0) is 16.6 Å². The molecule has 0 amide bonds. The maximum Gasteiger partial charge on any atom is 0.215 e. The summed E-state index contributed by atoms with van der Waals surface area (Å²) in [4.78, 5) is 0. The summed E-state index contributed by atoms with van der Waals surface area (Å²) in [5.74, 6) is 0.132. The molecule has 1 aromatic carbocycles. The third-order valence-corrected chi connectivity index (χ3v) is 4.71. The molecule has 5 heteroatoms. The molecule has 1 N–H and O–H groups in total. The third kappa shape index (κ3) is 5.72. The van der Waals surface area contributed by atoms with Crippen molar-refractivity contribution in [2.45, 2.75) is 33.4 Å². The summed E-state index contributed by atoms with van der Waals surface area (Å²) >= 11 is 0. The highest BCUT2D eigenvalue weighted by Crippen LogP contribution is 2.09. The van der Waals surface area contributed by atoms with Crippen LogP contribution in [-0.4, -0.2) is 38.1 Å². The van der Waals surface area contributed by atoms with Crippen molar-refractivity contribution in [3.05, 3.63) is 35.4 Å². The van der Waals surface area contributed by atoms with Crippen LogP contribution in [0.2, 0.25) is 0 Å². The van der Waals surface area contributed by atoms with E-state index in [4.69, 9.17) is 0 Å². The maximum atomic E-state index is 12.1. The molecule has 19 heavy (non-hydrogen) atoms. The first-order valence-corrected chi connectivity index (χ1v) is 8.15. The van der Waals surface area contributed by atoms with Gasteiger partial charge in [-0.2, -0.15) is 0 Å². The van der Waals surface area contributed by atoms with E-state index in [1.807, 2.05) is 45.0 Å². The summed E-state index contributed by atoms with van der Waals surface area (Å²) < 4.78 is 25.6. The number of aryl methyl sites for hydroxylation is 1. The van der Waals surface area contributed by atoms with Gasteiger partial charge < -0.3 is 5.32 Å². The first-order valence-electron chi connectivity index (χ1n) is 6.54. The molecule has 0 fully saturated rings. The number of benzene rings is 1. The lowest BCUT2D eigenvalue weighted by atomic mass is 10.1. The second-order valence-corrected chi connectivity index (χ2v) is 7.36. The molecule has 108 valence electrons. The van der Waals surface area contributed by atoms with Crippen LogP contribution in [0.15, 0.2) is 24.3 Å². The van der Waals surface area contributed by atoms with E-state index in [-0.39, 0.29) is 5.75 Å². The lowest BCUT2D eigenvalue weighted by Crippen LogP contribution is -2.35. The Morgan fingerprint density at radius 2 is 1.79 bits per heavy atom. The van der Waals surface area contributed by atoms with Gasteiger partial charge in [0.05, 0.1) is 5.75 Å². The first-order chi connectivity index (χ1) is 8.81. The quantitative estimate of drug-likeness (QED) is 0.830. The smallest absolute Gasteiger partial charge is 0.215 e. The van der Waals surface area contributed by atoms with Crippen LogP contribution < -0.4 is 5.32 Å². The summed E-state index contributed by atoms with van der Waals surface area (Å²) in [6.45, 7) is 6.93. The van der Waals surface area contributed by atoms with Crippen molar-refractivity contribution in [1.82, 2.24) is 9.62 Å². The van der Waals surface area contributed by atoms with Gasteiger partial charge in [-0.05, 0) is 12.5 Å². The van der Waals surface area contributed by atoms with Crippen LogP contribution in [0.3, 0.4) is 0 Å². The van der Waals surface area contributed by atoms with Crippen molar-refractivity contribution < 1.29 is 8.42 Å². The van der Waals surface area contributed by atoms with Crippen molar-refractivity contribution in [2.75, 3.05) is 19.3 Å². The van der Waals surface area contributed by atoms with Gasteiger partial charge in [0, 0.05) is 26.2 Å². The predicted molar refractivity (Wildman–Crippen MR) is 79.6 cm³/mol. The third-order valence-electron chi connectivity index (χ3n) is 2.91. The van der Waals surface area contributed by atoms with Crippen molar-refractivity contribution in [1.29, 1.82) is 0 Å². The largest absolute Gasteiger partial charge is 0.313 e. The van der Waals surface area contributed by atoms with Gasteiger partial charge in [-0.3, -0.25) is 0 Å². The van der Waals surface area contributed by atoms with Crippen LogP contribution in [0.4, 0.5) is 0 Å². The molecule has 0 atom stereocenters. The van der Waals surface area contributed by atoms with Gasteiger partial charge in [-0.1, -0.05) is 43.7 Å². The van der Waals surface area contributed by atoms with E-state index in [1.54, 1.807) is 7.05 Å². The molecule has 0 unspecified atom stereocenters. The van der Waals surface area contributed by atoms with E-state index in [9.17, 15) is 8.42 Å². The van der Waals surface area contributed by atoms with Gasteiger partial charge in [0.1, 0.15) is 0 Å². The lowest BCUT2D eigenvalue weighted by molar-refractivity contribution is 0.463. The Balaban J connectivity index is 2.55. The molecule has 0 bridgehead atoms. The Kier molecular flexibility index (Phi) is 5.97. The van der Waals surface area contributed by atoms with Crippen LogP contribution in [0, 0.1) is 6.92 Å². The second-order valence-electron chi connectivity index (χ2n) is 5.17. The Hall–Kier alpha value is -0.910. The number of rotatable bonds is 7.